The maximum atomic E-state index is 10.0. The second kappa shape index (κ2) is 6.26. The van der Waals surface area contributed by atoms with Gasteiger partial charge in [0.1, 0.15) is 12.5 Å². The van der Waals surface area contributed by atoms with E-state index in [4.69, 9.17) is 4.55 Å². The van der Waals surface area contributed by atoms with E-state index < -0.39 is 9.05 Å². The van der Waals surface area contributed by atoms with Crippen molar-refractivity contribution in [1.82, 2.24) is 0 Å². The molecule has 0 radical (unpaired) electrons. The quantitative estimate of drug-likeness (QED) is 0.274. The first-order valence-corrected chi connectivity index (χ1v) is 4.19. The zero-order chi connectivity index (χ0) is 7.33. The van der Waals surface area contributed by atoms with Gasteiger partial charge in [0, 0.05) is 6.08 Å². The van der Waals surface area contributed by atoms with E-state index in [1.807, 2.05) is 0 Å². The summed E-state index contributed by atoms with van der Waals surface area (Å²) >= 11 is 3.89. The molecule has 0 saturated heterocycles. The maximum absolute atomic E-state index is 10.0. The third kappa shape index (κ3) is 11.4. The Labute approximate surface area is 85.6 Å². The van der Waals surface area contributed by atoms with Crippen molar-refractivity contribution < 1.29 is 17.7 Å². The SMILES string of the molecule is O=CC=COS(=O)(O)=S.[NaH]. The van der Waals surface area contributed by atoms with Gasteiger partial charge in [-0.1, -0.05) is 0 Å². The molecule has 0 rings (SSSR count). The average Bonchev–Trinajstić information content (AvgIpc) is 1.63. The predicted octanol–water partition coefficient (Wildman–Crippen LogP) is -0.799. The van der Waals surface area contributed by atoms with Crippen LogP contribution < -0.4 is 0 Å². The molecule has 7 heteroatoms. The Morgan fingerprint density at radius 2 is 2.10 bits per heavy atom. The van der Waals surface area contributed by atoms with Crippen LogP contribution in [-0.4, -0.2) is 44.6 Å². The molecule has 0 aliphatic rings. The topological polar surface area (TPSA) is 63.6 Å². The first-order chi connectivity index (χ1) is 4.06. The van der Waals surface area contributed by atoms with Crippen molar-refractivity contribution in [2.75, 3.05) is 0 Å². The van der Waals surface area contributed by atoms with Crippen molar-refractivity contribution in [2.24, 2.45) is 0 Å². The predicted molar refractivity (Wildman–Crippen MR) is 41.6 cm³/mol. The minimum absolute atomic E-state index is 0. The van der Waals surface area contributed by atoms with Gasteiger partial charge in [0.25, 0.3) is 0 Å². The second-order valence-electron chi connectivity index (χ2n) is 0.989. The van der Waals surface area contributed by atoms with Crippen molar-refractivity contribution in [3.05, 3.63) is 12.3 Å². The average molecular weight is 192 g/mol. The summed E-state index contributed by atoms with van der Waals surface area (Å²) in [4.78, 5) is 9.52. The van der Waals surface area contributed by atoms with E-state index in [1.54, 1.807) is 0 Å². The summed E-state index contributed by atoms with van der Waals surface area (Å²) in [5, 5.41) is 0. The third-order valence-electron chi connectivity index (χ3n) is 0.334. The van der Waals surface area contributed by atoms with Gasteiger partial charge in [-0.3, -0.25) is 9.35 Å². The van der Waals surface area contributed by atoms with Gasteiger partial charge >= 0.3 is 38.6 Å². The zero-order valence-corrected chi connectivity index (χ0v) is 5.85. The van der Waals surface area contributed by atoms with E-state index in [-0.39, 0.29) is 29.6 Å². The second-order valence-corrected chi connectivity index (χ2v) is 3.30. The Kier molecular flexibility index (Phi) is 8.24. The van der Waals surface area contributed by atoms with Crippen LogP contribution in [0.3, 0.4) is 0 Å². The zero-order valence-electron chi connectivity index (χ0n) is 4.22. The van der Waals surface area contributed by atoms with Crippen LogP contribution in [-0.2, 0) is 29.2 Å². The van der Waals surface area contributed by atoms with E-state index in [0.717, 1.165) is 12.3 Å². The number of hydrogen-bond donors (Lipinski definition) is 1. The molecule has 0 amide bonds. The molecule has 0 spiro atoms. The van der Waals surface area contributed by atoms with E-state index >= 15 is 0 Å². The molecule has 0 aromatic carbocycles. The van der Waals surface area contributed by atoms with Gasteiger partial charge in [0.2, 0.25) is 0 Å². The molecule has 1 atom stereocenters. The molecule has 0 saturated carbocycles. The van der Waals surface area contributed by atoms with Crippen LogP contribution in [0.5, 0.6) is 0 Å². The Morgan fingerprint density at radius 1 is 1.60 bits per heavy atom. The van der Waals surface area contributed by atoms with Crippen LogP contribution >= 0.6 is 0 Å². The molecule has 0 heterocycles. The molecule has 0 aliphatic carbocycles. The van der Waals surface area contributed by atoms with Gasteiger partial charge in [0.05, 0.1) is 11.2 Å². The summed E-state index contributed by atoms with van der Waals surface area (Å²) in [7, 11) is -3.61. The van der Waals surface area contributed by atoms with E-state index in [9.17, 15) is 9.00 Å². The summed E-state index contributed by atoms with van der Waals surface area (Å²) in [6.45, 7) is 0. The fourth-order valence-corrected chi connectivity index (χ4v) is 0.475. The number of allylic oxidation sites excluding steroid dienone is 1. The number of aldehydes is 1. The molecule has 54 valence electrons. The monoisotopic (exact) mass is 192 g/mol. The summed E-state index contributed by atoms with van der Waals surface area (Å²) in [5.41, 5.74) is 0. The van der Waals surface area contributed by atoms with Gasteiger partial charge in [-0.2, -0.15) is 4.21 Å². The van der Waals surface area contributed by atoms with Crippen LogP contribution in [0.15, 0.2) is 12.3 Å². The fraction of sp³-hybridized carbons (Fsp3) is 0. The van der Waals surface area contributed by atoms with E-state index in [1.165, 1.54) is 0 Å². The number of carbonyl (C=O) groups excluding carboxylic acids is 1. The van der Waals surface area contributed by atoms with E-state index in [0.29, 0.717) is 6.29 Å². The number of hydrogen-bond acceptors (Lipinski definition) is 4. The fourth-order valence-electron chi connectivity index (χ4n) is 0.134. The Bertz CT molecular complexity index is 207. The van der Waals surface area contributed by atoms with Crippen LogP contribution in [0.4, 0.5) is 0 Å². The van der Waals surface area contributed by atoms with Crippen molar-refractivity contribution in [1.29, 1.82) is 0 Å². The molecule has 1 N–H and O–H groups in total. The first-order valence-electron chi connectivity index (χ1n) is 1.82. The number of carbonyl (C=O) groups is 1. The van der Waals surface area contributed by atoms with Crippen LogP contribution in [0.1, 0.15) is 0 Å². The molecule has 0 aliphatic heterocycles. The van der Waals surface area contributed by atoms with Gasteiger partial charge in [-0.25, -0.2) is 0 Å². The standard InChI is InChI=1S/C3H4O4S2.Na.H/c4-2-1-3-7-9(5,6)8;;/h1-3H,(H,5,6,8);;. The summed E-state index contributed by atoms with van der Waals surface area (Å²) in [6.07, 6.45) is 2.09. The Morgan fingerprint density at radius 3 is 2.40 bits per heavy atom. The summed E-state index contributed by atoms with van der Waals surface area (Å²) in [5.74, 6) is 0. The van der Waals surface area contributed by atoms with E-state index in [2.05, 4.69) is 15.4 Å². The van der Waals surface area contributed by atoms with Crippen LogP contribution in [0.25, 0.3) is 0 Å². The van der Waals surface area contributed by atoms with Crippen molar-refractivity contribution in [3.8, 4) is 0 Å². The Balaban J connectivity index is 0. The van der Waals surface area contributed by atoms with Crippen LogP contribution in [0.2, 0.25) is 0 Å². The molecule has 0 aromatic heterocycles. The molecule has 1 unspecified atom stereocenters. The first kappa shape index (κ1) is 13.2. The van der Waals surface area contributed by atoms with Crippen LogP contribution in [0, 0.1) is 0 Å². The molecular weight excluding hydrogens is 187 g/mol. The molecular formula is C3H5NaO4S2. The molecule has 0 bridgehead atoms. The summed E-state index contributed by atoms with van der Waals surface area (Å²) in [6, 6.07) is 0. The molecule has 10 heavy (non-hydrogen) atoms. The van der Waals surface area contributed by atoms with Gasteiger partial charge in [-0.15, -0.1) is 0 Å². The number of rotatable bonds is 3. The summed E-state index contributed by atoms with van der Waals surface area (Å²) < 4.78 is 22.2. The minimum atomic E-state index is -3.61. The molecule has 4 nitrogen and oxygen atoms in total. The van der Waals surface area contributed by atoms with Crippen molar-refractivity contribution in [2.45, 2.75) is 0 Å². The van der Waals surface area contributed by atoms with Gasteiger partial charge in [0.15, 0.2) is 0 Å². The van der Waals surface area contributed by atoms with Gasteiger partial charge in [-0.05, 0) is 0 Å². The van der Waals surface area contributed by atoms with Crippen molar-refractivity contribution >= 4 is 56.1 Å². The van der Waals surface area contributed by atoms with Gasteiger partial charge < -0.3 is 4.18 Å². The normalized spacial score (nSPS) is 15.3. The molecule has 0 aromatic rings. The third-order valence-corrected chi connectivity index (χ3v) is 0.924. The molecule has 0 fully saturated rings. The van der Waals surface area contributed by atoms with Crippen molar-refractivity contribution in [3.63, 3.8) is 0 Å². The Hall–Kier alpha value is 0.540.